The Morgan fingerprint density at radius 3 is 2.89 bits per heavy atom. The van der Waals surface area contributed by atoms with Crippen LogP contribution in [-0.4, -0.2) is 37.8 Å². The summed E-state index contributed by atoms with van der Waals surface area (Å²) in [6.07, 6.45) is 1.76. The number of ketones is 1. The molecule has 0 atom stereocenters. The van der Waals surface area contributed by atoms with Gasteiger partial charge in [-0.1, -0.05) is 0 Å². The lowest BCUT2D eigenvalue weighted by atomic mass is 9.98. The number of halogens is 1. The zero-order valence-electron chi connectivity index (χ0n) is 10.8. The highest BCUT2D eigenvalue weighted by Crippen LogP contribution is 2.28. The van der Waals surface area contributed by atoms with Crippen molar-refractivity contribution in [3.63, 3.8) is 0 Å². The normalized spacial score (nSPS) is 14.1. The molecule has 1 aliphatic heterocycles. The summed E-state index contributed by atoms with van der Waals surface area (Å²) in [5, 5.41) is 0. The third kappa shape index (κ3) is 2.96. The Balaban J connectivity index is 2.30. The first kappa shape index (κ1) is 14.0. The number of carbonyl (C=O) groups is 2. The van der Waals surface area contributed by atoms with E-state index in [1.54, 1.807) is 11.0 Å². The van der Waals surface area contributed by atoms with E-state index in [1.165, 1.54) is 7.11 Å². The van der Waals surface area contributed by atoms with Crippen LogP contribution < -0.4 is 4.90 Å². The second-order valence-corrected chi connectivity index (χ2v) is 4.75. The molecule has 1 heterocycles. The molecule has 4 nitrogen and oxygen atoms in total. The summed E-state index contributed by atoms with van der Waals surface area (Å²) in [5.41, 5.74) is 2.50. The highest BCUT2D eigenvalue weighted by atomic mass is 35.5. The zero-order chi connectivity index (χ0) is 13.8. The Morgan fingerprint density at radius 1 is 1.42 bits per heavy atom. The molecule has 0 spiro atoms. The second-order valence-electron chi connectivity index (χ2n) is 4.48. The highest BCUT2D eigenvalue weighted by Gasteiger charge is 2.23. The number of ether oxygens (including phenoxy) is 1. The van der Waals surface area contributed by atoms with Crippen molar-refractivity contribution in [3.05, 3.63) is 29.3 Å². The van der Waals surface area contributed by atoms with Crippen LogP contribution in [-0.2, 0) is 16.0 Å². The van der Waals surface area contributed by atoms with Gasteiger partial charge in [0.25, 0.3) is 5.91 Å². The molecule has 1 aromatic rings. The number of nitrogens with zero attached hydrogens (tertiary/aromatic N) is 1. The van der Waals surface area contributed by atoms with Crippen LogP contribution in [0.25, 0.3) is 0 Å². The molecule has 2 rings (SSSR count). The molecule has 102 valence electrons. The topological polar surface area (TPSA) is 46.6 Å². The summed E-state index contributed by atoms with van der Waals surface area (Å²) in [4.78, 5) is 25.3. The van der Waals surface area contributed by atoms with Crippen LogP contribution in [0.3, 0.4) is 0 Å². The minimum atomic E-state index is -0.0928. The van der Waals surface area contributed by atoms with Gasteiger partial charge in [-0.3, -0.25) is 9.59 Å². The number of benzene rings is 1. The fourth-order valence-corrected chi connectivity index (χ4v) is 2.46. The SMILES string of the molecule is COCC(=O)N1CCCc2cc(C(=O)CCl)ccc21. The maximum atomic E-state index is 11.9. The van der Waals surface area contributed by atoms with E-state index in [4.69, 9.17) is 16.3 Å². The van der Waals surface area contributed by atoms with Crippen LogP contribution >= 0.6 is 11.6 Å². The zero-order valence-corrected chi connectivity index (χ0v) is 11.6. The molecule has 0 aliphatic carbocycles. The summed E-state index contributed by atoms with van der Waals surface area (Å²) in [6, 6.07) is 5.38. The van der Waals surface area contributed by atoms with Crippen molar-refractivity contribution < 1.29 is 14.3 Å². The van der Waals surface area contributed by atoms with Gasteiger partial charge in [0.05, 0.1) is 5.88 Å². The Morgan fingerprint density at radius 2 is 2.21 bits per heavy atom. The number of rotatable bonds is 4. The fraction of sp³-hybridized carbons (Fsp3) is 0.429. The molecule has 19 heavy (non-hydrogen) atoms. The Kier molecular flexibility index (Phi) is 4.56. The molecule has 0 bridgehead atoms. The first-order chi connectivity index (χ1) is 9.17. The molecule has 0 N–H and O–H groups in total. The lowest BCUT2D eigenvalue weighted by molar-refractivity contribution is -0.122. The van der Waals surface area contributed by atoms with Gasteiger partial charge >= 0.3 is 0 Å². The van der Waals surface area contributed by atoms with Gasteiger partial charge in [0, 0.05) is 24.9 Å². The van der Waals surface area contributed by atoms with Crippen LogP contribution in [0, 0.1) is 0 Å². The number of anilines is 1. The average Bonchev–Trinajstić information content (AvgIpc) is 2.45. The number of alkyl halides is 1. The molecule has 0 unspecified atom stereocenters. The minimum absolute atomic E-state index is 0.0227. The van der Waals surface area contributed by atoms with E-state index in [9.17, 15) is 9.59 Å². The molecule has 1 aliphatic rings. The Labute approximate surface area is 117 Å². The molecule has 1 aromatic carbocycles. The van der Waals surface area contributed by atoms with Gasteiger partial charge in [-0.05, 0) is 36.6 Å². The van der Waals surface area contributed by atoms with Gasteiger partial charge in [-0.15, -0.1) is 11.6 Å². The number of carbonyl (C=O) groups excluding carboxylic acids is 2. The van der Waals surface area contributed by atoms with Crippen molar-refractivity contribution in [2.24, 2.45) is 0 Å². The van der Waals surface area contributed by atoms with Gasteiger partial charge in [0.15, 0.2) is 5.78 Å². The van der Waals surface area contributed by atoms with Crippen molar-refractivity contribution in [3.8, 4) is 0 Å². The third-order valence-electron chi connectivity index (χ3n) is 3.21. The fourth-order valence-electron chi connectivity index (χ4n) is 2.31. The Hall–Kier alpha value is -1.39. The largest absolute Gasteiger partial charge is 0.375 e. The standard InChI is InChI=1S/C14H16ClNO3/c1-19-9-14(18)16-6-2-3-10-7-11(13(17)8-15)4-5-12(10)16/h4-5,7H,2-3,6,8-9H2,1H3. The molecular weight excluding hydrogens is 266 g/mol. The van der Waals surface area contributed by atoms with E-state index >= 15 is 0 Å². The monoisotopic (exact) mass is 281 g/mol. The first-order valence-electron chi connectivity index (χ1n) is 6.18. The molecule has 5 heteroatoms. The number of amides is 1. The molecule has 1 amide bonds. The van der Waals surface area contributed by atoms with Gasteiger partial charge < -0.3 is 9.64 Å². The van der Waals surface area contributed by atoms with Crippen molar-refractivity contribution in [1.82, 2.24) is 0 Å². The maximum absolute atomic E-state index is 11.9. The number of aryl methyl sites for hydroxylation is 1. The summed E-state index contributed by atoms with van der Waals surface area (Å²) in [7, 11) is 1.50. The number of fused-ring (bicyclic) bond motifs is 1. The van der Waals surface area contributed by atoms with Crippen molar-refractivity contribution >= 4 is 29.0 Å². The van der Waals surface area contributed by atoms with E-state index in [0.29, 0.717) is 12.1 Å². The molecule has 0 radical (unpaired) electrons. The van der Waals surface area contributed by atoms with Crippen LogP contribution in [0.15, 0.2) is 18.2 Å². The summed E-state index contributed by atoms with van der Waals surface area (Å²) in [6.45, 7) is 0.764. The van der Waals surface area contributed by atoms with Crippen molar-refractivity contribution in [2.75, 3.05) is 31.0 Å². The average molecular weight is 282 g/mol. The smallest absolute Gasteiger partial charge is 0.252 e. The highest BCUT2D eigenvalue weighted by molar-refractivity contribution is 6.30. The molecule has 0 fully saturated rings. The molecular formula is C14H16ClNO3. The van der Waals surface area contributed by atoms with Gasteiger partial charge in [-0.2, -0.15) is 0 Å². The molecule has 0 saturated heterocycles. The van der Waals surface area contributed by atoms with Crippen molar-refractivity contribution in [2.45, 2.75) is 12.8 Å². The third-order valence-corrected chi connectivity index (χ3v) is 3.45. The lowest BCUT2D eigenvalue weighted by Crippen LogP contribution is -2.37. The second kappa shape index (κ2) is 6.17. The van der Waals surface area contributed by atoms with Crippen LogP contribution in [0.1, 0.15) is 22.3 Å². The van der Waals surface area contributed by atoms with Crippen molar-refractivity contribution in [1.29, 1.82) is 0 Å². The van der Waals surface area contributed by atoms with Gasteiger partial charge in [-0.25, -0.2) is 0 Å². The number of hydrogen-bond donors (Lipinski definition) is 0. The van der Waals surface area contributed by atoms with Gasteiger partial charge in [0.2, 0.25) is 0 Å². The maximum Gasteiger partial charge on any atom is 0.252 e. The number of Topliss-reactive ketones (excluding diaryl/α,β-unsaturated/α-hetero) is 1. The molecule has 0 aromatic heterocycles. The van der Waals surface area contributed by atoms with E-state index < -0.39 is 0 Å². The quantitative estimate of drug-likeness (QED) is 0.627. The predicted octanol–water partition coefficient (Wildman–Crippen LogP) is 2.03. The van der Waals surface area contributed by atoms with E-state index in [0.717, 1.165) is 24.1 Å². The molecule has 0 saturated carbocycles. The van der Waals surface area contributed by atoms with E-state index in [2.05, 4.69) is 0 Å². The Bertz CT molecular complexity index is 501. The predicted molar refractivity (Wildman–Crippen MR) is 74.0 cm³/mol. The summed E-state index contributed by atoms with van der Waals surface area (Å²) >= 11 is 5.56. The summed E-state index contributed by atoms with van der Waals surface area (Å²) < 4.78 is 4.89. The minimum Gasteiger partial charge on any atom is -0.375 e. The van der Waals surface area contributed by atoms with Crippen LogP contribution in [0.4, 0.5) is 5.69 Å². The van der Waals surface area contributed by atoms with E-state index in [-0.39, 0.29) is 24.2 Å². The van der Waals surface area contributed by atoms with E-state index in [1.807, 2.05) is 12.1 Å². The van der Waals surface area contributed by atoms with Crippen LogP contribution in [0.2, 0.25) is 0 Å². The van der Waals surface area contributed by atoms with Crippen LogP contribution in [0.5, 0.6) is 0 Å². The first-order valence-corrected chi connectivity index (χ1v) is 6.72. The lowest BCUT2D eigenvalue weighted by Gasteiger charge is -2.29. The van der Waals surface area contributed by atoms with Gasteiger partial charge in [0.1, 0.15) is 6.61 Å². The number of methoxy groups -OCH3 is 1. The summed E-state index contributed by atoms with van der Waals surface area (Å²) in [5.74, 6) is -0.171. The number of hydrogen-bond acceptors (Lipinski definition) is 3.